The van der Waals surface area contributed by atoms with Crippen LogP contribution in [0, 0.1) is 0 Å². The molecule has 2 aromatic carbocycles. The molecule has 2 aliphatic heterocycles. The van der Waals surface area contributed by atoms with Gasteiger partial charge in [0.2, 0.25) is 5.91 Å². The third kappa shape index (κ3) is 6.17. The number of anilines is 3. The average molecular weight is 584 g/mol. The molecule has 2 saturated heterocycles. The fraction of sp³-hybridized carbons (Fsp3) is 0.448. The van der Waals surface area contributed by atoms with Crippen LogP contribution >= 0.6 is 11.6 Å². The Labute approximate surface area is 243 Å². The van der Waals surface area contributed by atoms with Crippen LogP contribution in [0.2, 0.25) is 5.02 Å². The number of nitrogens with zero attached hydrogens (tertiary/aromatic N) is 4. The van der Waals surface area contributed by atoms with E-state index in [1.165, 1.54) is 11.0 Å². The monoisotopic (exact) mass is 583 g/mol. The zero-order valence-corrected chi connectivity index (χ0v) is 23.4. The Morgan fingerprint density at radius 2 is 1.61 bits per heavy atom. The summed E-state index contributed by atoms with van der Waals surface area (Å²) < 4.78 is 0. The summed E-state index contributed by atoms with van der Waals surface area (Å²) >= 11 is 6.04. The maximum absolute atomic E-state index is 13.0. The lowest BCUT2D eigenvalue weighted by atomic mass is 9.91. The molecule has 1 saturated carbocycles. The molecule has 12 heteroatoms. The highest BCUT2D eigenvalue weighted by Crippen LogP contribution is 2.30. The highest BCUT2D eigenvalue weighted by Gasteiger charge is 2.40. The van der Waals surface area contributed by atoms with E-state index in [1.807, 2.05) is 0 Å². The van der Waals surface area contributed by atoms with E-state index in [2.05, 4.69) is 4.90 Å². The molecule has 4 N–H and O–H groups in total. The molecule has 3 amide bonds. The van der Waals surface area contributed by atoms with Gasteiger partial charge in [0.15, 0.2) is 0 Å². The lowest BCUT2D eigenvalue weighted by molar-refractivity contribution is -0.155. The van der Waals surface area contributed by atoms with Crippen LogP contribution in [0.3, 0.4) is 0 Å². The number of nitrogens with two attached hydrogens (primary N) is 1. The third-order valence-corrected chi connectivity index (χ3v) is 8.54. The van der Waals surface area contributed by atoms with Crippen molar-refractivity contribution < 1.29 is 29.4 Å². The molecule has 41 heavy (non-hydrogen) atoms. The number of benzene rings is 2. The quantitative estimate of drug-likeness (QED) is 0.330. The van der Waals surface area contributed by atoms with Gasteiger partial charge < -0.3 is 30.6 Å². The first-order valence-electron chi connectivity index (χ1n) is 13.8. The van der Waals surface area contributed by atoms with Gasteiger partial charge in [-0.25, -0.2) is 4.79 Å². The summed E-state index contributed by atoms with van der Waals surface area (Å²) in [6, 6.07) is 10.8. The van der Waals surface area contributed by atoms with Gasteiger partial charge in [-0.15, -0.1) is 0 Å². The number of nitrogen functional groups attached to an aromatic ring is 1. The number of hydrogen-bond donors (Lipinski definition) is 3. The van der Waals surface area contributed by atoms with E-state index in [0.717, 1.165) is 42.8 Å². The van der Waals surface area contributed by atoms with Crippen molar-refractivity contribution in [3.05, 3.63) is 53.1 Å². The van der Waals surface area contributed by atoms with Crippen molar-refractivity contribution in [1.82, 2.24) is 9.80 Å². The molecule has 5 rings (SSSR count). The van der Waals surface area contributed by atoms with Crippen LogP contribution in [0.1, 0.15) is 31.2 Å². The number of rotatable bonds is 7. The zero-order chi connectivity index (χ0) is 29.3. The Kier molecular flexibility index (Phi) is 8.48. The van der Waals surface area contributed by atoms with Crippen molar-refractivity contribution in [2.24, 2.45) is 0 Å². The zero-order valence-electron chi connectivity index (χ0n) is 22.6. The van der Waals surface area contributed by atoms with Crippen LogP contribution in [0.15, 0.2) is 42.5 Å². The van der Waals surface area contributed by atoms with E-state index in [9.17, 15) is 29.4 Å². The van der Waals surface area contributed by atoms with Crippen LogP contribution in [-0.4, -0.2) is 94.6 Å². The van der Waals surface area contributed by atoms with E-state index in [4.69, 9.17) is 17.3 Å². The predicted octanol–water partition coefficient (Wildman–Crippen LogP) is 1.75. The lowest BCUT2D eigenvalue weighted by Crippen LogP contribution is -2.59. The Bertz CT molecular complexity index is 1330. The van der Waals surface area contributed by atoms with Gasteiger partial charge in [0.05, 0.1) is 24.0 Å². The van der Waals surface area contributed by atoms with E-state index in [0.29, 0.717) is 35.4 Å². The Morgan fingerprint density at radius 3 is 2.27 bits per heavy atom. The second kappa shape index (κ2) is 12.1. The standard InChI is InChI=1S/C29H34ClN5O6/c30-19-3-10-23(31)24(16-19)34-13-14-35(28(39)27(34)38)25(29(40)41)15-18-1-4-21(5-2-18)33-12-11-32(17-26(33)37)20-6-8-22(36)9-7-20/h1-5,10,16,20,22,25,36H,6-9,11-15,17,31H2,(H,40,41). The number of aliphatic hydroxyl groups excluding tert-OH is 1. The molecule has 0 aromatic heterocycles. The van der Waals surface area contributed by atoms with Gasteiger partial charge in [-0.2, -0.15) is 0 Å². The number of amides is 3. The molecule has 2 heterocycles. The summed E-state index contributed by atoms with van der Waals surface area (Å²) in [6.45, 7) is 1.72. The van der Waals surface area contributed by atoms with Crippen LogP contribution in [0.25, 0.3) is 0 Å². The van der Waals surface area contributed by atoms with Gasteiger partial charge in [0.1, 0.15) is 6.04 Å². The number of piperazine rings is 2. The highest BCUT2D eigenvalue weighted by atomic mass is 35.5. The van der Waals surface area contributed by atoms with Gasteiger partial charge in [0, 0.05) is 49.4 Å². The first-order chi connectivity index (χ1) is 19.6. The topological polar surface area (TPSA) is 148 Å². The molecule has 3 fully saturated rings. The molecule has 11 nitrogen and oxygen atoms in total. The lowest BCUT2D eigenvalue weighted by Gasteiger charge is -2.41. The second-order valence-electron chi connectivity index (χ2n) is 10.9. The van der Waals surface area contributed by atoms with Crippen molar-refractivity contribution in [2.45, 2.75) is 50.3 Å². The van der Waals surface area contributed by atoms with E-state index < -0.39 is 23.8 Å². The summed E-state index contributed by atoms with van der Waals surface area (Å²) in [5, 5.41) is 20.1. The summed E-state index contributed by atoms with van der Waals surface area (Å²) in [5.41, 5.74) is 7.97. The molecular formula is C29H34ClN5O6. The molecular weight excluding hydrogens is 550 g/mol. The van der Waals surface area contributed by atoms with E-state index >= 15 is 0 Å². The number of carbonyl (C=O) groups excluding carboxylic acids is 3. The average Bonchev–Trinajstić information content (AvgIpc) is 2.95. The number of carbonyl (C=O) groups is 4. The van der Waals surface area contributed by atoms with Crippen molar-refractivity contribution >= 4 is 52.4 Å². The first kappa shape index (κ1) is 28.8. The Balaban J connectivity index is 1.22. The predicted molar refractivity (Wildman–Crippen MR) is 154 cm³/mol. The van der Waals surface area contributed by atoms with Gasteiger partial charge in [0.25, 0.3) is 0 Å². The van der Waals surface area contributed by atoms with Gasteiger partial charge in [-0.3, -0.25) is 19.3 Å². The number of aliphatic hydroxyl groups is 1. The maximum Gasteiger partial charge on any atom is 0.326 e. The van der Waals surface area contributed by atoms with E-state index in [1.54, 1.807) is 41.3 Å². The van der Waals surface area contributed by atoms with Crippen LogP contribution in [-0.2, 0) is 25.6 Å². The van der Waals surface area contributed by atoms with Gasteiger partial charge in [-0.1, -0.05) is 23.7 Å². The third-order valence-electron chi connectivity index (χ3n) is 8.31. The summed E-state index contributed by atoms with van der Waals surface area (Å²) in [5.74, 6) is -3.00. The van der Waals surface area contributed by atoms with Crippen LogP contribution in [0.4, 0.5) is 17.1 Å². The molecule has 1 unspecified atom stereocenters. The molecule has 2 aromatic rings. The molecule has 0 radical (unpaired) electrons. The first-order valence-corrected chi connectivity index (χ1v) is 14.2. The molecule has 0 bridgehead atoms. The number of hydrogen-bond acceptors (Lipinski definition) is 7. The SMILES string of the molecule is Nc1ccc(Cl)cc1N1CCN(C(Cc2ccc(N3CCN(C4CCC(O)CC4)CC3=O)cc2)C(=O)O)C(=O)C1=O. The number of halogens is 1. The van der Waals surface area contributed by atoms with Gasteiger partial charge >= 0.3 is 17.8 Å². The Hall–Kier alpha value is -3.67. The van der Waals surface area contributed by atoms with Gasteiger partial charge in [-0.05, 0) is 61.6 Å². The number of carboxylic acid groups (broad SMARTS) is 1. The van der Waals surface area contributed by atoms with E-state index in [-0.39, 0.29) is 37.2 Å². The molecule has 1 atom stereocenters. The molecule has 1 aliphatic carbocycles. The minimum Gasteiger partial charge on any atom is -0.480 e. The fourth-order valence-corrected chi connectivity index (χ4v) is 6.16. The molecule has 218 valence electrons. The normalized spacial score (nSPS) is 23.2. The maximum atomic E-state index is 13.0. The minimum atomic E-state index is -1.24. The second-order valence-corrected chi connectivity index (χ2v) is 11.3. The Morgan fingerprint density at radius 1 is 0.927 bits per heavy atom. The van der Waals surface area contributed by atoms with Crippen molar-refractivity contribution in [3.8, 4) is 0 Å². The van der Waals surface area contributed by atoms with Crippen molar-refractivity contribution in [2.75, 3.05) is 48.3 Å². The summed E-state index contributed by atoms with van der Waals surface area (Å²) in [4.78, 5) is 57.4. The van der Waals surface area contributed by atoms with Crippen LogP contribution < -0.4 is 15.5 Å². The molecule has 0 spiro atoms. The summed E-state index contributed by atoms with van der Waals surface area (Å²) in [6.07, 6.45) is 3.09. The number of aliphatic carboxylic acids is 1. The number of carboxylic acids is 1. The van der Waals surface area contributed by atoms with Crippen molar-refractivity contribution in [3.63, 3.8) is 0 Å². The van der Waals surface area contributed by atoms with Crippen LogP contribution in [0.5, 0.6) is 0 Å². The largest absolute Gasteiger partial charge is 0.480 e. The summed E-state index contributed by atoms with van der Waals surface area (Å²) in [7, 11) is 0. The minimum absolute atomic E-state index is 0.000791. The molecule has 3 aliphatic rings. The van der Waals surface area contributed by atoms with Crippen molar-refractivity contribution in [1.29, 1.82) is 0 Å². The fourth-order valence-electron chi connectivity index (χ4n) is 5.99. The highest BCUT2D eigenvalue weighted by molar-refractivity contribution is 6.41. The smallest absolute Gasteiger partial charge is 0.326 e.